The van der Waals surface area contributed by atoms with Crippen LogP contribution in [-0.4, -0.2) is 59.3 Å². The number of carbonyl (C=O) groups excluding carboxylic acids is 1. The lowest BCUT2D eigenvalue weighted by Gasteiger charge is -2.31. The molecule has 182 valence electrons. The van der Waals surface area contributed by atoms with E-state index < -0.39 is 6.09 Å². The van der Waals surface area contributed by atoms with Gasteiger partial charge in [-0.2, -0.15) is 5.10 Å². The Morgan fingerprint density at radius 3 is 2.67 bits per heavy atom. The summed E-state index contributed by atoms with van der Waals surface area (Å²) in [7, 11) is 0. The van der Waals surface area contributed by atoms with Crippen LogP contribution < -0.4 is 11.1 Å². The van der Waals surface area contributed by atoms with Crippen LogP contribution in [0.15, 0.2) is 48.9 Å². The van der Waals surface area contributed by atoms with Gasteiger partial charge in [0.2, 0.25) is 0 Å². The molecule has 2 aliphatic rings. The zero-order valence-electron chi connectivity index (χ0n) is 18.9. The van der Waals surface area contributed by atoms with Crippen LogP contribution in [0.1, 0.15) is 29.2 Å². The number of hydrogen-bond donors (Lipinski definition) is 3. The minimum absolute atomic E-state index is 0.174. The molecule has 12 heteroatoms. The third-order valence-corrected chi connectivity index (χ3v) is 7.23. The minimum atomic E-state index is -0.930. The Morgan fingerprint density at radius 2 is 1.94 bits per heavy atom. The Labute approximate surface area is 209 Å². The van der Waals surface area contributed by atoms with E-state index >= 15 is 0 Å². The maximum atomic E-state index is 12.7. The van der Waals surface area contributed by atoms with Gasteiger partial charge in [0.25, 0.3) is 5.91 Å². The predicted octanol–water partition coefficient (Wildman–Crippen LogP) is 3.69. The first-order valence-electron chi connectivity index (χ1n) is 11.4. The van der Waals surface area contributed by atoms with Crippen LogP contribution in [0.3, 0.4) is 0 Å². The highest BCUT2D eigenvalue weighted by atomic mass is 35.5. The second-order valence-electron chi connectivity index (χ2n) is 9.02. The fourth-order valence-electron chi connectivity index (χ4n) is 5.36. The number of carboxylic acid groups (broad SMARTS) is 1. The first kappa shape index (κ1) is 22.2. The molecule has 3 atom stereocenters. The third-order valence-electron chi connectivity index (χ3n) is 6.92. The van der Waals surface area contributed by atoms with Crippen molar-refractivity contribution in [2.75, 3.05) is 17.6 Å². The van der Waals surface area contributed by atoms with Crippen molar-refractivity contribution in [3.05, 3.63) is 59.5 Å². The van der Waals surface area contributed by atoms with E-state index in [0.717, 1.165) is 12.8 Å². The molecular weight excluding hydrogens is 484 g/mol. The van der Waals surface area contributed by atoms with Crippen molar-refractivity contribution >= 4 is 46.3 Å². The van der Waals surface area contributed by atoms with E-state index in [4.69, 9.17) is 22.4 Å². The molecule has 1 aromatic carbocycles. The van der Waals surface area contributed by atoms with Crippen LogP contribution in [-0.2, 0) is 0 Å². The Kier molecular flexibility index (Phi) is 5.22. The third kappa shape index (κ3) is 3.59. The molecule has 2 amide bonds. The van der Waals surface area contributed by atoms with Gasteiger partial charge in [0, 0.05) is 23.9 Å². The van der Waals surface area contributed by atoms with Gasteiger partial charge in [-0.1, -0.05) is 23.7 Å². The Bertz CT molecular complexity index is 1510. The number of fused-ring (bicyclic) bond motifs is 3. The highest BCUT2D eigenvalue weighted by Gasteiger charge is 2.49. The summed E-state index contributed by atoms with van der Waals surface area (Å²) in [6.45, 7) is 0.535. The quantitative estimate of drug-likeness (QED) is 0.380. The molecule has 1 saturated heterocycles. The number of nitrogen functional groups attached to an aromatic ring is 1. The molecule has 3 aromatic heterocycles. The molecule has 1 aliphatic heterocycles. The summed E-state index contributed by atoms with van der Waals surface area (Å²) < 4.78 is 1.76. The molecule has 6 rings (SSSR count). The monoisotopic (exact) mass is 504 g/mol. The number of carbonyl (C=O) groups is 2. The molecule has 11 nitrogen and oxygen atoms in total. The van der Waals surface area contributed by atoms with E-state index in [1.165, 1.54) is 11.2 Å². The maximum absolute atomic E-state index is 12.7. The van der Waals surface area contributed by atoms with Crippen molar-refractivity contribution in [3.8, 4) is 11.3 Å². The number of likely N-dealkylation sites (tertiary alicyclic amines) is 1. The SMILES string of the molecule is Nc1ncnc2c1c(-c1ccc(C(=O)Nc3ccccn3)cc1Cl)nn2[C@H]1C[C@H]2C[C@@H]1N(C(=O)O)C2. The molecule has 0 spiro atoms. The normalized spacial score (nSPS) is 20.7. The van der Waals surface area contributed by atoms with Gasteiger partial charge in [0.15, 0.2) is 5.65 Å². The van der Waals surface area contributed by atoms with Crippen molar-refractivity contribution in [2.24, 2.45) is 5.92 Å². The van der Waals surface area contributed by atoms with Crippen LogP contribution in [0.4, 0.5) is 16.4 Å². The van der Waals surface area contributed by atoms with Gasteiger partial charge < -0.3 is 21.1 Å². The molecule has 4 heterocycles. The molecule has 4 aromatic rings. The predicted molar refractivity (Wildman–Crippen MR) is 133 cm³/mol. The van der Waals surface area contributed by atoms with Crippen LogP contribution in [0, 0.1) is 5.92 Å². The van der Waals surface area contributed by atoms with E-state index in [-0.39, 0.29) is 29.7 Å². The molecule has 0 radical (unpaired) electrons. The number of piperidine rings is 1. The number of amides is 2. The van der Waals surface area contributed by atoms with Gasteiger partial charge in [-0.15, -0.1) is 0 Å². The number of aromatic nitrogens is 5. The molecule has 0 unspecified atom stereocenters. The smallest absolute Gasteiger partial charge is 0.407 e. The number of rotatable bonds is 4. The number of pyridine rings is 1. The van der Waals surface area contributed by atoms with Crippen molar-refractivity contribution in [1.29, 1.82) is 0 Å². The lowest BCUT2D eigenvalue weighted by atomic mass is 10.1. The second kappa shape index (κ2) is 8.45. The topological polar surface area (TPSA) is 152 Å². The Morgan fingerprint density at radius 1 is 1.11 bits per heavy atom. The fraction of sp³-hybridized carbons (Fsp3) is 0.250. The number of halogens is 1. The molecule has 1 aliphatic carbocycles. The largest absolute Gasteiger partial charge is 0.465 e. The summed E-state index contributed by atoms with van der Waals surface area (Å²) in [5.41, 5.74) is 8.17. The Balaban J connectivity index is 1.39. The number of nitrogens with zero attached hydrogens (tertiary/aromatic N) is 6. The summed E-state index contributed by atoms with van der Waals surface area (Å²) in [5, 5.41) is 18.0. The van der Waals surface area contributed by atoms with Gasteiger partial charge in [0.1, 0.15) is 23.7 Å². The summed E-state index contributed by atoms with van der Waals surface area (Å²) >= 11 is 6.65. The first-order valence-corrected chi connectivity index (χ1v) is 11.8. The van der Waals surface area contributed by atoms with Gasteiger partial charge in [-0.3, -0.25) is 4.79 Å². The average molecular weight is 505 g/mol. The number of nitrogens with one attached hydrogen (secondary N) is 1. The van der Waals surface area contributed by atoms with Crippen LogP contribution in [0.2, 0.25) is 5.02 Å². The van der Waals surface area contributed by atoms with Crippen molar-refractivity contribution in [2.45, 2.75) is 24.9 Å². The average Bonchev–Trinajstić information content (AvgIpc) is 3.58. The van der Waals surface area contributed by atoms with E-state index in [0.29, 0.717) is 45.2 Å². The fourth-order valence-corrected chi connectivity index (χ4v) is 5.63. The highest BCUT2D eigenvalue weighted by Crippen LogP contribution is 2.46. The van der Waals surface area contributed by atoms with E-state index in [2.05, 4.69) is 20.3 Å². The first-order chi connectivity index (χ1) is 17.4. The second-order valence-corrected chi connectivity index (χ2v) is 9.43. The van der Waals surface area contributed by atoms with Crippen molar-refractivity contribution in [3.63, 3.8) is 0 Å². The van der Waals surface area contributed by atoms with Gasteiger partial charge in [0.05, 0.1) is 22.5 Å². The molecular formula is C24H21ClN8O3. The maximum Gasteiger partial charge on any atom is 0.407 e. The highest BCUT2D eigenvalue weighted by molar-refractivity contribution is 6.34. The number of anilines is 2. The summed E-state index contributed by atoms with van der Waals surface area (Å²) in [6, 6.07) is 9.78. The van der Waals surface area contributed by atoms with Gasteiger partial charge in [-0.25, -0.2) is 24.4 Å². The summed E-state index contributed by atoms with van der Waals surface area (Å²) in [5.74, 6) is 0.598. The summed E-state index contributed by atoms with van der Waals surface area (Å²) in [4.78, 5) is 38.6. The van der Waals surface area contributed by atoms with Crippen LogP contribution >= 0.6 is 11.6 Å². The van der Waals surface area contributed by atoms with Crippen molar-refractivity contribution < 1.29 is 14.7 Å². The molecule has 1 saturated carbocycles. The number of benzene rings is 1. The molecule has 2 fully saturated rings. The van der Waals surface area contributed by atoms with Crippen LogP contribution in [0.5, 0.6) is 0 Å². The minimum Gasteiger partial charge on any atom is -0.465 e. The van der Waals surface area contributed by atoms with E-state index in [1.54, 1.807) is 47.3 Å². The Hall–Kier alpha value is -4.25. The molecule has 2 bridgehead atoms. The summed E-state index contributed by atoms with van der Waals surface area (Å²) in [6.07, 6.45) is 3.62. The lowest BCUT2D eigenvalue weighted by Crippen LogP contribution is -2.42. The number of hydrogen-bond acceptors (Lipinski definition) is 7. The van der Waals surface area contributed by atoms with Gasteiger partial charge >= 0.3 is 6.09 Å². The molecule has 36 heavy (non-hydrogen) atoms. The standard InChI is InChI=1S/C24H21ClN8O3/c25-15-9-13(23(34)30-18-3-1-2-6-27-18)4-5-14(15)20-19-21(26)28-11-29-22(19)33(31-20)17-8-12-7-16(17)32(10-12)24(35)36/h1-6,9,11-12,16-17H,7-8,10H2,(H,35,36)(H2,26,28,29)(H,27,30,34)/t12-,16+,17+/m1/s1. The lowest BCUT2D eigenvalue weighted by molar-refractivity contribution is 0.102. The van der Waals surface area contributed by atoms with Crippen LogP contribution in [0.25, 0.3) is 22.3 Å². The zero-order chi connectivity index (χ0) is 25.0. The number of nitrogens with two attached hydrogens (primary N) is 1. The van der Waals surface area contributed by atoms with Gasteiger partial charge in [-0.05, 0) is 43.0 Å². The van der Waals surface area contributed by atoms with E-state index in [1.807, 2.05) is 0 Å². The molecule has 4 N–H and O–H groups in total. The van der Waals surface area contributed by atoms with E-state index in [9.17, 15) is 14.7 Å². The van der Waals surface area contributed by atoms with Crippen molar-refractivity contribution in [1.82, 2.24) is 29.6 Å². The zero-order valence-corrected chi connectivity index (χ0v) is 19.6.